The molecular weight excluding hydrogens is 162 g/mol. The van der Waals surface area contributed by atoms with Crippen molar-refractivity contribution in [3.63, 3.8) is 0 Å². The summed E-state index contributed by atoms with van der Waals surface area (Å²) in [6.07, 6.45) is 3.88. The molecular formula is C7H7NO4. The maximum atomic E-state index is 10.3. The highest BCUT2D eigenvalue weighted by Gasteiger charge is 1.98. The van der Waals surface area contributed by atoms with E-state index in [2.05, 4.69) is 6.58 Å². The summed E-state index contributed by atoms with van der Waals surface area (Å²) in [5, 5.41) is 18.2. The van der Waals surface area contributed by atoms with E-state index >= 15 is 0 Å². The molecule has 5 nitrogen and oxygen atoms in total. The number of hydrogen-bond acceptors (Lipinski definition) is 3. The number of allylic oxidation sites excluding steroid dienone is 2. The Morgan fingerprint density at radius 1 is 1.58 bits per heavy atom. The molecule has 0 aliphatic carbocycles. The van der Waals surface area contributed by atoms with E-state index in [0.717, 1.165) is 18.2 Å². The maximum absolute atomic E-state index is 10.3. The molecule has 5 heteroatoms. The van der Waals surface area contributed by atoms with Crippen molar-refractivity contribution < 1.29 is 14.8 Å². The number of hydrogen-bond donors (Lipinski definition) is 1. The number of carbonyl (C=O) groups is 1. The van der Waals surface area contributed by atoms with Crippen molar-refractivity contribution in [2.24, 2.45) is 0 Å². The van der Waals surface area contributed by atoms with E-state index in [9.17, 15) is 14.9 Å². The molecule has 0 amide bonds. The molecule has 0 heterocycles. The Morgan fingerprint density at radius 3 is 2.50 bits per heavy atom. The zero-order valence-corrected chi connectivity index (χ0v) is 6.14. The third kappa shape index (κ3) is 3.99. The van der Waals surface area contributed by atoms with Crippen molar-refractivity contribution in [1.82, 2.24) is 0 Å². The Balaban J connectivity index is 4.41. The third-order valence-corrected chi connectivity index (χ3v) is 0.950. The van der Waals surface area contributed by atoms with Crippen LogP contribution < -0.4 is 0 Å². The van der Waals surface area contributed by atoms with Crippen molar-refractivity contribution in [3.05, 3.63) is 46.7 Å². The van der Waals surface area contributed by atoms with E-state index in [1.165, 1.54) is 0 Å². The van der Waals surface area contributed by atoms with Crippen molar-refractivity contribution in [3.8, 4) is 0 Å². The summed E-state index contributed by atoms with van der Waals surface area (Å²) in [4.78, 5) is 19.3. The maximum Gasteiger partial charge on any atom is 0.335 e. The fourth-order valence-electron chi connectivity index (χ4n) is 0.444. The molecule has 0 aliphatic heterocycles. The van der Waals surface area contributed by atoms with Crippen LogP contribution >= 0.6 is 0 Å². The van der Waals surface area contributed by atoms with E-state index in [4.69, 9.17) is 5.11 Å². The van der Waals surface area contributed by atoms with Crippen molar-refractivity contribution in [2.45, 2.75) is 0 Å². The van der Waals surface area contributed by atoms with Gasteiger partial charge in [-0.2, -0.15) is 0 Å². The molecule has 0 spiro atoms. The number of aliphatic carboxylic acids is 1. The molecule has 0 rings (SSSR count). The average Bonchev–Trinajstić information content (AvgIpc) is 1.96. The predicted molar refractivity (Wildman–Crippen MR) is 42.1 cm³/mol. The first kappa shape index (κ1) is 10.1. The first-order valence-electron chi connectivity index (χ1n) is 2.95. The topological polar surface area (TPSA) is 80.4 Å². The Kier molecular flexibility index (Phi) is 4.07. The number of carboxylic acid groups (broad SMARTS) is 1. The molecule has 0 fully saturated rings. The second-order valence-corrected chi connectivity index (χ2v) is 1.76. The molecule has 64 valence electrons. The van der Waals surface area contributed by atoms with Gasteiger partial charge in [0.1, 0.15) is 0 Å². The molecule has 0 saturated heterocycles. The predicted octanol–water partition coefficient (Wildman–Crippen LogP) is 0.974. The molecule has 0 bridgehead atoms. The highest BCUT2D eigenvalue weighted by Crippen LogP contribution is 1.95. The van der Waals surface area contributed by atoms with Gasteiger partial charge in [-0.25, -0.2) is 4.79 Å². The summed E-state index contributed by atoms with van der Waals surface area (Å²) in [6, 6.07) is 0. The van der Waals surface area contributed by atoms with Gasteiger partial charge < -0.3 is 5.11 Å². The zero-order chi connectivity index (χ0) is 9.56. The summed E-state index contributed by atoms with van der Waals surface area (Å²) in [7, 11) is 0. The number of nitrogens with zero attached hydrogens (tertiary/aromatic N) is 1. The van der Waals surface area contributed by atoms with Crippen LogP contribution in [-0.2, 0) is 4.79 Å². The Hall–Kier alpha value is -1.91. The van der Waals surface area contributed by atoms with Gasteiger partial charge in [0.05, 0.1) is 10.5 Å². The van der Waals surface area contributed by atoms with E-state index in [1.807, 2.05) is 0 Å². The molecule has 0 atom stereocenters. The van der Waals surface area contributed by atoms with Crippen LogP contribution in [0.5, 0.6) is 0 Å². The van der Waals surface area contributed by atoms with Gasteiger partial charge in [0.2, 0.25) is 6.20 Å². The lowest BCUT2D eigenvalue weighted by Gasteiger charge is -1.87. The number of nitro groups is 1. The van der Waals surface area contributed by atoms with E-state index < -0.39 is 10.9 Å². The Bertz CT molecular complexity index is 265. The van der Waals surface area contributed by atoms with E-state index in [-0.39, 0.29) is 5.57 Å². The summed E-state index contributed by atoms with van der Waals surface area (Å²) >= 11 is 0. The van der Waals surface area contributed by atoms with E-state index in [0.29, 0.717) is 6.20 Å². The minimum atomic E-state index is -1.17. The van der Waals surface area contributed by atoms with Crippen LogP contribution in [0, 0.1) is 10.1 Å². The average molecular weight is 169 g/mol. The second kappa shape index (κ2) is 4.84. The minimum absolute atomic E-state index is 0.0897. The fraction of sp³-hybridized carbons (Fsp3) is 0. The van der Waals surface area contributed by atoms with Gasteiger partial charge in [0, 0.05) is 6.08 Å². The third-order valence-electron chi connectivity index (χ3n) is 0.950. The van der Waals surface area contributed by atoms with Crippen LogP contribution in [0.2, 0.25) is 0 Å². The Morgan fingerprint density at radius 2 is 2.17 bits per heavy atom. The van der Waals surface area contributed by atoms with Gasteiger partial charge >= 0.3 is 5.97 Å². The van der Waals surface area contributed by atoms with E-state index in [1.54, 1.807) is 0 Å². The monoisotopic (exact) mass is 169 g/mol. The smallest absolute Gasteiger partial charge is 0.335 e. The Labute approximate surface area is 68.5 Å². The summed E-state index contributed by atoms with van der Waals surface area (Å²) in [6.45, 7) is 3.23. The van der Waals surface area contributed by atoms with Gasteiger partial charge in [0.25, 0.3) is 0 Å². The lowest BCUT2D eigenvalue weighted by Crippen LogP contribution is -1.96. The zero-order valence-electron chi connectivity index (χ0n) is 6.14. The van der Waals surface area contributed by atoms with Gasteiger partial charge in [0.15, 0.2) is 0 Å². The SMILES string of the molecule is C=C/C(=C\C=C\[N+](=O)[O-])C(=O)O. The normalized spacial score (nSPS) is 11.5. The summed E-state index contributed by atoms with van der Waals surface area (Å²) in [5.41, 5.74) is -0.0897. The summed E-state index contributed by atoms with van der Waals surface area (Å²) < 4.78 is 0. The first-order chi connectivity index (χ1) is 5.57. The first-order valence-corrected chi connectivity index (χ1v) is 2.95. The van der Waals surface area contributed by atoms with Crippen molar-refractivity contribution in [2.75, 3.05) is 0 Å². The van der Waals surface area contributed by atoms with Crippen molar-refractivity contribution in [1.29, 1.82) is 0 Å². The number of rotatable bonds is 4. The number of carboxylic acids is 1. The van der Waals surface area contributed by atoms with Crippen LogP contribution in [0.4, 0.5) is 0 Å². The van der Waals surface area contributed by atoms with Crippen LogP contribution in [0.1, 0.15) is 0 Å². The van der Waals surface area contributed by atoms with Gasteiger partial charge in [-0.05, 0) is 6.08 Å². The minimum Gasteiger partial charge on any atom is -0.478 e. The van der Waals surface area contributed by atoms with Gasteiger partial charge in [-0.1, -0.05) is 12.7 Å². The lowest BCUT2D eigenvalue weighted by atomic mass is 10.2. The lowest BCUT2D eigenvalue weighted by molar-refractivity contribution is -0.402. The second-order valence-electron chi connectivity index (χ2n) is 1.76. The molecule has 0 aliphatic rings. The van der Waals surface area contributed by atoms with Crippen LogP contribution in [-0.4, -0.2) is 16.0 Å². The van der Waals surface area contributed by atoms with Gasteiger partial charge in [-0.3, -0.25) is 10.1 Å². The molecule has 12 heavy (non-hydrogen) atoms. The van der Waals surface area contributed by atoms with Crippen molar-refractivity contribution >= 4 is 5.97 Å². The van der Waals surface area contributed by atoms with Crippen LogP contribution in [0.3, 0.4) is 0 Å². The molecule has 0 saturated carbocycles. The highest BCUT2D eigenvalue weighted by atomic mass is 16.6. The largest absolute Gasteiger partial charge is 0.478 e. The highest BCUT2D eigenvalue weighted by molar-refractivity contribution is 5.89. The fourth-order valence-corrected chi connectivity index (χ4v) is 0.444. The van der Waals surface area contributed by atoms with Crippen LogP contribution in [0.15, 0.2) is 36.6 Å². The molecule has 1 N–H and O–H groups in total. The molecule has 0 aromatic carbocycles. The molecule has 0 radical (unpaired) electrons. The molecule has 0 unspecified atom stereocenters. The molecule has 0 aromatic heterocycles. The standard InChI is InChI=1S/C7H7NO4/c1-2-6(7(9)10)4-3-5-8(11)12/h2-5H,1H2,(H,9,10)/b5-3+,6-4+. The van der Waals surface area contributed by atoms with Crippen LogP contribution in [0.25, 0.3) is 0 Å². The van der Waals surface area contributed by atoms with Gasteiger partial charge in [-0.15, -0.1) is 0 Å². The summed E-state index contributed by atoms with van der Waals surface area (Å²) in [5.74, 6) is -1.17. The quantitative estimate of drug-likeness (QED) is 0.294. The molecule has 0 aromatic rings.